The van der Waals surface area contributed by atoms with Gasteiger partial charge in [0, 0.05) is 27.8 Å². The lowest BCUT2D eigenvalue weighted by Crippen LogP contribution is -2.21. The highest BCUT2D eigenvalue weighted by molar-refractivity contribution is 7.12. The van der Waals surface area contributed by atoms with Crippen LogP contribution in [0.5, 0.6) is 0 Å². The SMILES string of the molecule is Cc1cc(NC(=O)COC(=O)CCC(=O)c2cc(C)sc2C)no1. The molecule has 0 bridgehead atoms. The van der Waals surface area contributed by atoms with Gasteiger partial charge in [0.15, 0.2) is 18.2 Å². The largest absolute Gasteiger partial charge is 0.456 e. The molecule has 0 saturated carbocycles. The molecule has 1 amide bonds. The van der Waals surface area contributed by atoms with Gasteiger partial charge in [-0.3, -0.25) is 14.4 Å². The second-order valence-electron chi connectivity index (χ2n) is 5.28. The lowest BCUT2D eigenvalue weighted by Gasteiger charge is -2.04. The third-order valence-corrected chi connectivity index (χ3v) is 4.12. The van der Waals surface area contributed by atoms with Crippen molar-refractivity contribution in [2.75, 3.05) is 11.9 Å². The average molecular weight is 350 g/mol. The number of ether oxygens (including phenoxy) is 1. The van der Waals surface area contributed by atoms with Crippen molar-refractivity contribution in [2.24, 2.45) is 0 Å². The van der Waals surface area contributed by atoms with Gasteiger partial charge in [0.1, 0.15) is 5.76 Å². The van der Waals surface area contributed by atoms with Crippen molar-refractivity contribution in [3.05, 3.63) is 33.2 Å². The average Bonchev–Trinajstić information content (AvgIpc) is 3.07. The van der Waals surface area contributed by atoms with Crippen LogP contribution >= 0.6 is 11.3 Å². The van der Waals surface area contributed by atoms with E-state index in [1.165, 1.54) is 0 Å². The van der Waals surface area contributed by atoms with E-state index >= 15 is 0 Å². The van der Waals surface area contributed by atoms with Crippen molar-refractivity contribution in [3.8, 4) is 0 Å². The van der Waals surface area contributed by atoms with Gasteiger partial charge in [0.25, 0.3) is 5.91 Å². The number of carbonyl (C=O) groups excluding carboxylic acids is 3. The fraction of sp³-hybridized carbons (Fsp3) is 0.375. The molecule has 2 rings (SSSR count). The van der Waals surface area contributed by atoms with Gasteiger partial charge in [-0.05, 0) is 26.8 Å². The van der Waals surface area contributed by atoms with Gasteiger partial charge in [-0.15, -0.1) is 11.3 Å². The number of esters is 1. The smallest absolute Gasteiger partial charge is 0.306 e. The Kier molecular flexibility index (Phi) is 5.86. The molecule has 2 aromatic heterocycles. The summed E-state index contributed by atoms with van der Waals surface area (Å²) in [4.78, 5) is 37.3. The number of Topliss-reactive ketones (excluding diaryl/α,β-unsaturated/α-hetero) is 1. The fourth-order valence-corrected chi connectivity index (χ4v) is 3.02. The summed E-state index contributed by atoms with van der Waals surface area (Å²) in [5.41, 5.74) is 0.643. The van der Waals surface area contributed by atoms with E-state index in [2.05, 4.69) is 10.5 Å². The topological polar surface area (TPSA) is 98.5 Å². The van der Waals surface area contributed by atoms with Crippen LogP contribution in [0.4, 0.5) is 5.82 Å². The number of rotatable bonds is 7. The van der Waals surface area contributed by atoms with E-state index in [9.17, 15) is 14.4 Å². The number of aryl methyl sites for hydroxylation is 3. The predicted molar refractivity (Wildman–Crippen MR) is 88.2 cm³/mol. The Morgan fingerprint density at radius 3 is 2.54 bits per heavy atom. The number of carbonyl (C=O) groups is 3. The zero-order chi connectivity index (χ0) is 17.7. The van der Waals surface area contributed by atoms with Crippen molar-refractivity contribution < 1.29 is 23.6 Å². The third kappa shape index (κ3) is 5.02. The quantitative estimate of drug-likeness (QED) is 0.609. The first-order valence-electron chi connectivity index (χ1n) is 7.34. The van der Waals surface area contributed by atoms with Crippen LogP contribution in [0.25, 0.3) is 0 Å². The highest BCUT2D eigenvalue weighted by Crippen LogP contribution is 2.22. The molecule has 0 atom stereocenters. The molecule has 1 N–H and O–H groups in total. The summed E-state index contributed by atoms with van der Waals surface area (Å²) in [7, 11) is 0. The molecule has 0 aliphatic carbocycles. The number of aromatic nitrogens is 1. The number of ketones is 1. The van der Waals surface area contributed by atoms with E-state index in [4.69, 9.17) is 9.26 Å². The zero-order valence-electron chi connectivity index (χ0n) is 13.7. The Balaban J connectivity index is 1.72. The van der Waals surface area contributed by atoms with Crippen LogP contribution in [0.3, 0.4) is 0 Å². The minimum absolute atomic E-state index is 0.0555. The molecule has 0 spiro atoms. The summed E-state index contributed by atoms with van der Waals surface area (Å²) < 4.78 is 9.65. The van der Waals surface area contributed by atoms with E-state index in [-0.39, 0.29) is 24.4 Å². The number of thiophene rings is 1. The molecule has 0 fully saturated rings. The number of hydrogen-bond acceptors (Lipinski definition) is 7. The van der Waals surface area contributed by atoms with Crippen LogP contribution in [0, 0.1) is 20.8 Å². The summed E-state index contributed by atoms with van der Waals surface area (Å²) in [6.45, 7) is 5.06. The monoisotopic (exact) mass is 350 g/mol. The highest BCUT2D eigenvalue weighted by Gasteiger charge is 2.15. The lowest BCUT2D eigenvalue weighted by molar-refractivity contribution is -0.147. The third-order valence-electron chi connectivity index (χ3n) is 3.16. The highest BCUT2D eigenvalue weighted by atomic mass is 32.1. The Morgan fingerprint density at radius 1 is 1.21 bits per heavy atom. The summed E-state index contributed by atoms with van der Waals surface area (Å²) in [5.74, 6) is -0.408. The first-order chi connectivity index (χ1) is 11.3. The zero-order valence-corrected chi connectivity index (χ0v) is 14.5. The maximum Gasteiger partial charge on any atom is 0.306 e. The summed E-state index contributed by atoms with van der Waals surface area (Å²) in [5, 5.41) is 6.03. The van der Waals surface area contributed by atoms with Crippen molar-refractivity contribution in [2.45, 2.75) is 33.6 Å². The maximum atomic E-state index is 12.1. The van der Waals surface area contributed by atoms with Gasteiger partial charge >= 0.3 is 5.97 Å². The summed E-state index contributed by atoms with van der Waals surface area (Å²) in [6.07, 6.45) is -0.0105. The van der Waals surface area contributed by atoms with Gasteiger partial charge in [-0.25, -0.2) is 0 Å². The Morgan fingerprint density at radius 2 is 1.96 bits per heavy atom. The molecule has 0 aliphatic heterocycles. The van der Waals surface area contributed by atoms with Crippen LogP contribution in [0.2, 0.25) is 0 Å². The van der Waals surface area contributed by atoms with E-state index in [1.807, 2.05) is 19.9 Å². The van der Waals surface area contributed by atoms with Gasteiger partial charge in [0.05, 0.1) is 6.42 Å². The maximum absolute atomic E-state index is 12.1. The molecule has 0 radical (unpaired) electrons. The number of amides is 1. The van der Waals surface area contributed by atoms with Crippen molar-refractivity contribution >= 4 is 34.8 Å². The number of anilines is 1. The Bertz CT molecular complexity index is 762. The fourth-order valence-electron chi connectivity index (χ4n) is 2.08. The second kappa shape index (κ2) is 7.87. The van der Waals surface area contributed by atoms with Crippen molar-refractivity contribution in [1.82, 2.24) is 5.16 Å². The van der Waals surface area contributed by atoms with E-state index in [0.717, 1.165) is 9.75 Å². The van der Waals surface area contributed by atoms with Crippen molar-refractivity contribution in [3.63, 3.8) is 0 Å². The van der Waals surface area contributed by atoms with Crippen LogP contribution in [-0.2, 0) is 14.3 Å². The van der Waals surface area contributed by atoms with E-state index in [1.54, 1.807) is 24.3 Å². The summed E-state index contributed by atoms with van der Waals surface area (Å²) in [6, 6.07) is 3.37. The van der Waals surface area contributed by atoms with Gasteiger partial charge in [-0.2, -0.15) is 0 Å². The van der Waals surface area contributed by atoms with Crippen LogP contribution < -0.4 is 5.32 Å². The first kappa shape index (κ1) is 17.9. The predicted octanol–water partition coefficient (Wildman–Crippen LogP) is 2.81. The molecule has 0 unspecified atom stereocenters. The molecular formula is C16H18N2O5S. The minimum Gasteiger partial charge on any atom is -0.456 e. The van der Waals surface area contributed by atoms with Crippen molar-refractivity contribution in [1.29, 1.82) is 0 Å². The van der Waals surface area contributed by atoms with Crippen LogP contribution in [-0.4, -0.2) is 29.4 Å². The molecular weight excluding hydrogens is 332 g/mol. The molecule has 2 aromatic rings. The van der Waals surface area contributed by atoms with E-state index < -0.39 is 18.5 Å². The van der Waals surface area contributed by atoms with Crippen LogP contribution in [0.15, 0.2) is 16.7 Å². The molecule has 0 aromatic carbocycles. The molecule has 0 saturated heterocycles. The molecule has 0 aliphatic rings. The lowest BCUT2D eigenvalue weighted by atomic mass is 10.1. The van der Waals surface area contributed by atoms with E-state index in [0.29, 0.717) is 11.3 Å². The minimum atomic E-state index is -0.598. The second-order valence-corrected chi connectivity index (χ2v) is 6.74. The Labute approximate surface area is 143 Å². The molecule has 24 heavy (non-hydrogen) atoms. The van der Waals surface area contributed by atoms with Gasteiger partial charge < -0.3 is 14.6 Å². The van der Waals surface area contributed by atoms with Gasteiger partial charge in [0.2, 0.25) is 0 Å². The Hall–Kier alpha value is -2.48. The molecule has 7 nitrogen and oxygen atoms in total. The number of nitrogens with one attached hydrogen (secondary N) is 1. The summed E-state index contributed by atoms with van der Waals surface area (Å²) >= 11 is 1.55. The van der Waals surface area contributed by atoms with Gasteiger partial charge in [-0.1, -0.05) is 5.16 Å². The standard InChI is InChI=1S/C16H18N2O5S/c1-9-6-14(18-23-9)17-15(20)8-22-16(21)5-4-13(19)12-7-10(2)24-11(12)3/h6-7H,4-5,8H2,1-3H3,(H,17,18,20). The van der Waals surface area contributed by atoms with Crippen LogP contribution in [0.1, 0.15) is 38.7 Å². The normalized spacial score (nSPS) is 10.5. The molecule has 128 valence electrons. The molecule has 2 heterocycles. The number of nitrogens with zero attached hydrogens (tertiary/aromatic N) is 1. The number of hydrogen-bond donors (Lipinski definition) is 1. The first-order valence-corrected chi connectivity index (χ1v) is 8.16. The molecule has 8 heteroatoms.